The first-order valence-electron chi connectivity index (χ1n) is 7.32. The smallest absolute Gasteiger partial charge is 0.338 e. The summed E-state index contributed by atoms with van der Waals surface area (Å²) in [5, 5.41) is 13.1. The Balaban J connectivity index is 1.55. The van der Waals surface area contributed by atoms with Crippen LogP contribution in [0.3, 0.4) is 0 Å². The minimum Gasteiger partial charge on any atom is -0.478 e. The van der Waals surface area contributed by atoms with Gasteiger partial charge in [0.1, 0.15) is 0 Å². The summed E-state index contributed by atoms with van der Waals surface area (Å²) in [5.41, 5.74) is 0.201. The molecule has 0 aromatic carbocycles. The third-order valence-electron chi connectivity index (χ3n) is 3.99. The van der Waals surface area contributed by atoms with Crippen molar-refractivity contribution in [3.63, 3.8) is 0 Å². The van der Waals surface area contributed by atoms with Gasteiger partial charge in [-0.15, -0.1) is 11.3 Å². The predicted octanol–water partition coefficient (Wildman–Crippen LogP) is 2.81. The highest BCUT2D eigenvalue weighted by Crippen LogP contribution is 2.25. The van der Waals surface area contributed by atoms with Crippen molar-refractivity contribution in [2.45, 2.75) is 25.3 Å². The molecule has 1 aliphatic heterocycles. The van der Waals surface area contributed by atoms with E-state index in [4.69, 9.17) is 5.11 Å². The van der Waals surface area contributed by atoms with E-state index in [0.717, 1.165) is 21.5 Å². The number of rotatable bonds is 4. The zero-order chi connectivity index (χ0) is 16.4. The van der Waals surface area contributed by atoms with Crippen LogP contribution in [0.15, 0.2) is 28.3 Å². The summed E-state index contributed by atoms with van der Waals surface area (Å²) < 4.78 is 2.74. The van der Waals surface area contributed by atoms with Crippen LogP contribution in [0, 0.1) is 0 Å². The van der Waals surface area contributed by atoms with Crippen molar-refractivity contribution >= 4 is 39.1 Å². The first-order chi connectivity index (χ1) is 11.0. The lowest BCUT2D eigenvalue weighted by Crippen LogP contribution is -2.39. The molecule has 3 heterocycles. The van der Waals surface area contributed by atoms with Gasteiger partial charge in [-0.1, -0.05) is 0 Å². The Morgan fingerprint density at radius 2 is 2.09 bits per heavy atom. The molecule has 0 unspecified atom stereocenters. The standard InChI is InChI=1S/C15H16BrN3O3S/c16-13-2-1-12(23-13)7-14(20)18-5-3-11(4-6-18)19-9-10(8-17-19)15(21)22/h1-2,8-9,11H,3-7H2,(H,21,22). The highest BCUT2D eigenvalue weighted by atomic mass is 79.9. The SMILES string of the molecule is O=C(O)c1cnn(C2CCN(C(=O)Cc3ccc(Br)s3)CC2)c1. The lowest BCUT2D eigenvalue weighted by molar-refractivity contribution is -0.131. The highest BCUT2D eigenvalue weighted by molar-refractivity contribution is 9.11. The van der Waals surface area contributed by atoms with Crippen molar-refractivity contribution in [2.24, 2.45) is 0 Å². The van der Waals surface area contributed by atoms with Gasteiger partial charge in [-0.3, -0.25) is 9.48 Å². The van der Waals surface area contributed by atoms with E-state index in [1.165, 1.54) is 6.20 Å². The van der Waals surface area contributed by atoms with Gasteiger partial charge in [-0.05, 0) is 40.9 Å². The molecule has 0 saturated carbocycles. The van der Waals surface area contributed by atoms with Crippen LogP contribution >= 0.6 is 27.3 Å². The fourth-order valence-electron chi connectivity index (χ4n) is 2.74. The topological polar surface area (TPSA) is 75.4 Å². The molecule has 2 aromatic heterocycles. The van der Waals surface area contributed by atoms with Crippen LogP contribution in [0.2, 0.25) is 0 Å². The van der Waals surface area contributed by atoms with Gasteiger partial charge < -0.3 is 10.0 Å². The summed E-state index contributed by atoms with van der Waals surface area (Å²) in [4.78, 5) is 26.2. The number of piperidine rings is 1. The minimum absolute atomic E-state index is 0.143. The minimum atomic E-state index is -0.967. The van der Waals surface area contributed by atoms with Gasteiger partial charge >= 0.3 is 5.97 Å². The monoisotopic (exact) mass is 397 g/mol. The summed E-state index contributed by atoms with van der Waals surface area (Å²) in [7, 11) is 0. The molecule has 0 atom stereocenters. The van der Waals surface area contributed by atoms with Gasteiger partial charge in [-0.25, -0.2) is 4.79 Å². The number of carbonyl (C=O) groups is 2. The first kappa shape index (κ1) is 16.2. The van der Waals surface area contributed by atoms with Crippen LogP contribution in [0.4, 0.5) is 0 Å². The normalized spacial score (nSPS) is 15.8. The van der Waals surface area contributed by atoms with Gasteiger partial charge in [-0.2, -0.15) is 5.10 Å². The molecule has 1 N–H and O–H groups in total. The average molecular weight is 398 g/mol. The van der Waals surface area contributed by atoms with E-state index >= 15 is 0 Å². The number of nitrogens with zero attached hydrogens (tertiary/aromatic N) is 3. The summed E-state index contributed by atoms with van der Waals surface area (Å²) >= 11 is 4.99. The fourth-order valence-corrected chi connectivity index (χ4v) is 4.21. The van der Waals surface area contributed by atoms with E-state index in [-0.39, 0.29) is 17.5 Å². The Bertz CT molecular complexity index is 719. The van der Waals surface area contributed by atoms with E-state index in [1.54, 1.807) is 22.2 Å². The molecule has 1 aliphatic rings. The lowest BCUT2D eigenvalue weighted by Gasteiger charge is -2.32. The summed E-state index contributed by atoms with van der Waals surface area (Å²) in [6.07, 6.45) is 4.95. The molecular formula is C15H16BrN3O3S. The van der Waals surface area contributed by atoms with Crippen LogP contribution in [0.25, 0.3) is 0 Å². The van der Waals surface area contributed by atoms with Crippen LogP contribution in [-0.4, -0.2) is 44.8 Å². The van der Waals surface area contributed by atoms with Crippen LogP contribution < -0.4 is 0 Å². The molecule has 6 nitrogen and oxygen atoms in total. The molecule has 23 heavy (non-hydrogen) atoms. The second kappa shape index (κ2) is 6.84. The fraction of sp³-hybridized carbons (Fsp3) is 0.400. The Morgan fingerprint density at radius 1 is 1.35 bits per heavy atom. The molecule has 1 saturated heterocycles. The lowest BCUT2D eigenvalue weighted by atomic mass is 10.0. The van der Waals surface area contributed by atoms with Crippen molar-refractivity contribution in [2.75, 3.05) is 13.1 Å². The zero-order valence-electron chi connectivity index (χ0n) is 12.3. The quantitative estimate of drug-likeness (QED) is 0.860. The molecule has 8 heteroatoms. The van der Waals surface area contributed by atoms with Gasteiger partial charge in [0.15, 0.2) is 0 Å². The van der Waals surface area contributed by atoms with E-state index in [0.29, 0.717) is 19.5 Å². The van der Waals surface area contributed by atoms with Crippen molar-refractivity contribution in [1.82, 2.24) is 14.7 Å². The molecule has 122 valence electrons. The number of hydrogen-bond donors (Lipinski definition) is 1. The third kappa shape index (κ3) is 3.81. The molecule has 3 rings (SSSR count). The van der Waals surface area contributed by atoms with Gasteiger partial charge in [0.25, 0.3) is 0 Å². The van der Waals surface area contributed by atoms with Crippen molar-refractivity contribution < 1.29 is 14.7 Å². The largest absolute Gasteiger partial charge is 0.478 e. The van der Waals surface area contributed by atoms with E-state index in [2.05, 4.69) is 21.0 Å². The summed E-state index contributed by atoms with van der Waals surface area (Å²) in [6, 6.07) is 4.08. The molecule has 0 spiro atoms. The van der Waals surface area contributed by atoms with Crippen molar-refractivity contribution in [1.29, 1.82) is 0 Å². The molecule has 1 fully saturated rings. The molecule has 1 amide bonds. The number of carboxylic acids is 1. The predicted molar refractivity (Wildman–Crippen MR) is 89.8 cm³/mol. The highest BCUT2D eigenvalue weighted by Gasteiger charge is 2.25. The summed E-state index contributed by atoms with van der Waals surface area (Å²) in [6.45, 7) is 1.36. The van der Waals surface area contributed by atoms with Gasteiger partial charge in [0, 0.05) is 24.2 Å². The van der Waals surface area contributed by atoms with Crippen LogP contribution in [0.5, 0.6) is 0 Å². The Kier molecular flexibility index (Phi) is 4.82. The maximum Gasteiger partial charge on any atom is 0.338 e. The number of aromatic carboxylic acids is 1. The van der Waals surface area contributed by atoms with Crippen LogP contribution in [-0.2, 0) is 11.2 Å². The second-order valence-electron chi connectivity index (χ2n) is 5.51. The van der Waals surface area contributed by atoms with E-state index in [9.17, 15) is 9.59 Å². The number of halogens is 1. The maximum atomic E-state index is 12.3. The number of carboxylic acid groups (broad SMARTS) is 1. The van der Waals surface area contributed by atoms with Crippen LogP contribution in [0.1, 0.15) is 34.1 Å². The molecule has 0 bridgehead atoms. The zero-order valence-corrected chi connectivity index (χ0v) is 14.7. The van der Waals surface area contributed by atoms with E-state index < -0.39 is 5.97 Å². The number of carbonyl (C=O) groups excluding carboxylic acids is 1. The van der Waals surface area contributed by atoms with E-state index in [1.807, 2.05) is 17.0 Å². The average Bonchev–Trinajstić information content (AvgIpc) is 3.17. The molecule has 2 aromatic rings. The Hall–Kier alpha value is -1.67. The van der Waals surface area contributed by atoms with Gasteiger partial charge in [0.05, 0.1) is 28.0 Å². The Morgan fingerprint density at radius 3 is 2.65 bits per heavy atom. The van der Waals surface area contributed by atoms with Gasteiger partial charge in [0.2, 0.25) is 5.91 Å². The number of thiophene rings is 1. The second-order valence-corrected chi connectivity index (χ2v) is 8.06. The third-order valence-corrected chi connectivity index (χ3v) is 5.62. The molecule has 0 aliphatic carbocycles. The maximum absolute atomic E-state index is 12.3. The number of aromatic nitrogens is 2. The number of amides is 1. The van der Waals surface area contributed by atoms with Crippen molar-refractivity contribution in [3.8, 4) is 0 Å². The number of likely N-dealkylation sites (tertiary alicyclic amines) is 1. The first-order valence-corrected chi connectivity index (χ1v) is 8.93. The van der Waals surface area contributed by atoms with Crippen molar-refractivity contribution in [3.05, 3.63) is 38.8 Å². The Labute approximate surface area is 145 Å². The number of hydrogen-bond acceptors (Lipinski definition) is 4. The molecule has 0 radical (unpaired) electrons. The molecular weight excluding hydrogens is 382 g/mol. The summed E-state index contributed by atoms with van der Waals surface area (Å²) in [5.74, 6) is -0.824.